The third kappa shape index (κ3) is 4.40. The summed E-state index contributed by atoms with van der Waals surface area (Å²) in [6.45, 7) is 11.0. The number of aromatic amines is 1. The van der Waals surface area contributed by atoms with Gasteiger partial charge in [0.05, 0.1) is 23.5 Å². The van der Waals surface area contributed by atoms with Crippen molar-refractivity contribution in [3.63, 3.8) is 0 Å². The van der Waals surface area contributed by atoms with Crippen molar-refractivity contribution in [1.29, 1.82) is 0 Å². The molecule has 1 aliphatic heterocycles. The standard InChI is InChI=1S/C23H30FN5O2/c1-5-28(6-2)10-9-26-22(30)21-14(3)19(27-15(21)4)12-18-17-11-16(24)7-8-20(17)29(13-25)23(18)31/h7-8,11-12,27H,5-6,9-10,13,25H2,1-4H3,(H,26,30)/b18-12-. The average Bonchev–Trinajstić information content (AvgIpc) is 3.17. The van der Waals surface area contributed by atoms with E-state index in [1.807, 2.05) is 13.8 Å². The number of hydrogen-bond acceptors (Lipinski definition) is 4. The molecule has 2 heterocycles. The van der Waals surface area contributed by atoms with Crippen LogP contribution in [0.4, 0.5) is 10.1 Å². The maximum atomic E-state index is 13.9. The molecule has 166 valence electrons. The number of aromatic nitrogens is 1. The number of nitrogens with two attached hydrogens (primary N) is 1. The number of fused-ring (bicyclic) bond motifs is 1. The first kappa shape index (κ1) is 22.7. The molecule has 0 radical (unpaired) electrons. The second-order valence-electron chi connectivity index (χ2n) is 7.58. The number of nitrogens with zero attached hydrogens (tertiary/aromatic N) is 2. The Morgan fingerprint density at radius 2 is 2.00 bits per heavy atom. The fraction of sp³-hybridized carbons (Fsp3) is 0.391. The van der Waals surface area contributed by atoms with Crippen LogP contribution in [0, 0.1) is 19.7 Å². The quantitative estimate of drug-likeness (QED) is 0.565. The van der Waals surface area contributed by atoms with Gasteiger partial charge in [-0.1, -0.05) is 13.8 Å². The highest BCUT2D eigenvalue weighted by Crippen LogP contribution is 2.38. The number of carbonyl (C=O) groups is 2. The number of amides is 2. The molecule has 0 atom stereocenters. The Labute approximate surface area is 182 Å². The van der Waals surface area contributed by atoms with Crippen LogP contribution in [0.3, 0.4) is 0 Å². The number of aryl methyl sites for hydroxylation is 1. The van der Waals surface area contributed by atoms with Gasteiger partial charge in [-0.25, -0.2) is 4.39 Å². The highest BCUT2D eigenvalue weighted by molar-refractivity contribution is 6.35. The van der Waals surface area contributed by atoms with Crippen molar-refractivity contribution in [2.45, 2.75) is 27.7 Å². The van der Waals surface area contributed by atoms with E-state index in [1.165, 1.54) is 17.0 Å². The van der Waals surface area contributed by atoms with E-state index in [2.05, 4.69) is 29.0 Å². The Hall–Kier alpha value is -2.97. The molecule has 4 N–H and O–H groups in total. The molecule has 8 heteroatoms. The van der Waals surface area contributed by atoms with Crippen LogP contribution in [-0.2, 0) is 4.79 Å². The molecule has 1 aromatic heterocycles. The van der Waals surface area contributed by atoms with Crippen molar-refractivity contribution in [2.24, 2.45) is 5.73 Å². The Balaban J connectivity index is 1.89. The van der Waals surface area contributed by atoms with Gasteiger partial charge in [0, 0.05) is 30.0 Å². The molecule has 0 fully saturated rings. The molecule has 1 aliphatic rings. The molecular formula is C23H30FN5O2. The SMILES string of the molecule is CCN(CC)CCNC(=O)c1c(C)[nH]c(/C=C2\C(=O)N(CN)c3ccc(F)cc32)c1C. The molecule has 0 bridgehead atoms. The average molecular weight is 428 g/mol. The largest absolute Gasteiger partial charge is 0.358 e. The lowest BCUT2D eigenvalue weighted by molar-refractivity contribution is -0.112. The zero-order valence-electron chi connectivity index (χ0n) is 18.5. The van der Waals surface area contributed by atoms with E-state index in [0.717, 1.165) is 25.2 Å². The van der Waals surface area contributed by atoms with E-state index in [9.17, 15) is 14.0 Å². The van der Waals surface area contributed by atoms with Crippen LogP contribution < -0.4 is 16.0 Å². The van der Waals surface area contributed by atoms with Gasteiger partial charge in [0.15, 0.2) is 0 Å². The number of benzene rings is 1. The molecule has 0 unspecified atom stereocenters. The van der Waals surface area contributed by atoms with Crippen molar-refractivity contribution in [3.05, 3.63) is 52.1 Å². The third-order valence-corrected chi connectivity index (χ3v) is 5.80. The zero-order valence-corrected chi connectivity index (χ0v) is 18.5. The van der Waals surface area contributed by atoms with Crippen molar-refractivity contribution < 1.29 is 14.0 Å². The Morgan fingerprint density at radius 1 is 1.29 bits per heavy atom. The highest BCUT2D eigenvalue weighted by atomic mass is 19.1. The Kier molecular flexibility index (Phi) is 6.92. The molecule has 0 aliphatic carbocycles. The van der Waals surface area contributed by atoms with Crippen LogP contribution >= 0.6 is 0 Å². The molecule has 31 heavy (non-hydrogen) atoms. The second-order valence-corrected chi connectivity index (χ2v) is 7.58. The first-order valence-corrected chi connectivity index (χ1v) is 10.6. The van der Waals surface area contributed by atoms with E-state index in [1.54, 1.807) is 12.1 Å². The fourth-order valence-electron chi connectivity index (χ4n) is 4.01. The molecule has 7 nitrogen and oxygen atoms in total. The van der Waals surface area contributed by atoms with Crippen molar-refractivity contribution >= 4 is 29.2 Å². The van der Waals surface area contributed by atoms with Crippen LogP contribution in [-0.4, -0.2) is 54.5 Å². The summed E-state index contributed by atoms with van der Waals surface area (Å²) in [5.74, 6) is -0.875. The molecule has 0 saturated carbocycles. The number of carbonyl (C=O) groups excluding carboxylic acids is 2. The maximum Gasteiger partial charge on any atom is 0.260 e. The summed E-state index contributed by atoms with van der Waals surface area (Å²) in [4.78, 5) is 32.5. The minimum atomic E-state index is -0.427. The molecule has 3 rings (SSSR count). The monoisotopic (exact) mass is 427 g/mol. The number of nitrogens with one attached hydrogen (secondary N) is 2. The maximum absolute atomic E-state index is 13.9. The van der Waals surface area contributed by atoms with Gasteiger partial charge in [0.2, 0.25) is 0 Å². The summed E-state index contributed by atoms with van der Waals surface area (Å²) in [5.41, 5.74) is 9.81. The van der Waals surface area contributed by atoms with E-state index in [-0.39, 0.29) is 18.5 Å². The van der Waals surface area contributed by atoms with E-state index in [4.69, 9.17) is 5.73 Å². The van der Waals surface area contributed by atoms with E-state index >= 15 is 0 Å². The van der Waals surface area contributed by atoms with Crippen LogP contribution in [0.1, 0.15) is 46.7 Å². The minimum Gasteiger partial charge on any atom is -0.358 e. The first-order valence-electron chi connectivity index (χ1n) is 10.6. The van der Waals surface area contributed by atoms with E-state index < -0.39 is 5.82 Å². The summed E-state index contributed by atoms with van der Waals surface area (Å²) >= 11 is 0. The number of halogens is 1. The minimum absolute atomic E-state index is 0.00225. The smallest absolute Gasteiger partial charge is 0.260 e. The third-order valence-electron chi connectivity index (χ3n) is 5.80. The Bertz CT molecular complexity index is 1020. The van der Waals surface area contributed by atoms with Gasteiger partial charge in [-0.15, -0.1) is 0 Å². The molecule has 2 aromatic rings. The number of likely N-dealkylation sites (N-methyl/N-ethyl adjacent to an activating group) is 1. The van der Waals surface area contributed by atoms with Crippen molar-refractivity contribution in [3.8, 4) is 0 Å². The normalized spacial score (nSPS) is 14.6. The number of anilines is 1. The summed E-state index contributed by atoms with van der Waals surface area (Å²) in [7, 11) is 0. The fourth-order valence-corrected chi connectivity index (χ4v) is 4.01. The summed E-state index contributed by atoms with van der Waals surface area (Å²) in [6, 6.07) is 4.20. The van der Waals surface area contributed by atoms with Crippen LogP contribution in [0.25, 0.3) is 11.6 Å². The summed E-state index contributed by atoms with van der Waals surface area (Å²) < 4.78 is 13.9. The molecule has 0 spiro atoms. The molecule has 0 saturated heterocycles. The van der Waals surface area contributed by atoms with E-state index in [0.29, 0.717) is 40.3 Å². The van der Waals surface area contributed by atoms with Gasteiger partial charge in [-0.2, -0.15) is 0 Å². The van der Waals surface area contributed by atoms with Gasteiger partial charge < -0.3 is 20.9 Å². The van der Waals surface area contributed by atoms with Crippen LogP contribution in [0.15, 0.2) is 18.2 Å². The number of H-pyrrole nitrogens is 1. The second kappa shape index (κ2) is 9.45. The lowest BCUT2D eigenvalue weighted by Gasteiger charge is -2.18. The molecule has 2 amide bonds. The topological polar surface area (TPSA) is 94.5 Å². The molecule has 1 aromatic carbocycles. The number of hydrogen-bond donors (Lipinski definition) is 3. The predicted molar refractivity (Wildman–Crippen MR) is 121 cm³/mol. The summed E-state index contributed by atoms with van der Waals surface area (Å²) in [5, 5.41) is 2.97. The summed E-state index contributed by atoms with van der Waals surface area (Å²) in [6.07, 6.45) is 1.67. The molecular weight excluding hydrogens is 397 g/mol. The predicted octanol–water partition coefficient (Wildman–Crippen LogP) is 2.65. The van der Waals surface area contributed by atoms with Gasteiger partial charge in [0.1, 0.15) is 5.82 Å². The van der Waals surface area contributed by atoms with Gasteiger partial charge >= 0.3 is 0 Å². The lowest BCUT2D eigenvalue weighted by atomic mass is 10.0. The lowest BCUT2D eigenvalue weighted by Crippen LogP contribution is -2.35. The van der Waals surface area contributed by atoms with Crippen LogP contribution in [0.2, 0.25) is 0 Å². The first-order chi connectivity index (χ1) is 14.8. The Morgan fingerprint density at radius 3 is 2.65 bits per heavy atom. The van der Waals surface area contributed by atoms with Crippen LogP contribution in [0.5, 0.6) is 0 Å². The van der Waals surface area contributed by atoms with Gasteiger partial charge in [-0.05, 0) is 56.8 Å². The highest BCUT2D eigenvalue weighted by Gasteiger charge is 2.32. The number of rotatable bonds is 8. The van der Waals surface area contributed by atoms with Crippen molar-refractivity contribution in [2.75, 3.05) is 37.7 Å². The van der Waals surface area contributed by atoms with Gasteiger partial charge in [-0.3, -0.25) is 14.5 Å². The van der Waals surface area contributed by atoms with Gasteiger partial charge in [0.25, 0.3) is 11.8 Å². The van der Waals surface area contributed by atoms with Crippen molar-refractivity contribution in [1.82, 2.24) is 15.2 Å². The zero-order chi connectivity index (χ0) is 22.7.